The standard InChI is InChI=1S/C15H27N5O/c1-12-15(16)13(2)20(18-12)11-14(21)17-7-6-10-19-8-4-3-5-9-19/h3-11,16H2,1-2H3,(H,17,21). The molecule has 0 atom stereocenters. The van der Waals surface area contributed by atoms with Crippen LogP contribution < -0.4 is 11.1 Å². The molecule has 1 aliphatic rings. The van der Waals surface area contributed by atoms with Crippen molar-refractivity contribution in [3.8, 4) is 0 Å². The number of piperidine rings is 1. The van der Waals surface area contributed by atoms with Crippen LogP contribution >= 0.6 is 0 Å². The van der Waals surface area contributed by atoms with Crippen molar-refractivity contribution in [3.63, 3.8) is 0 Å². The summed E-state index contributed by atoms with van der Waals surface area (Å²) in [6, 6.07) is 0. The molecule has 1 aromatic heterocycles. The second kappa shape index (κ2) is 7.45. The molecule has 1 aliphatic heterocycles. The molecule has 2 rings (SSSR count). The first-order valence-corrected chi connectivity index (χ1v) is 7.86. The molecule has 0 aromatic carbocycles. The topological polar surface area (TPSA) is 76.2 Å². The van der Waals surface area contributed by atoms with Crippen LogP contribution in [0, 0.1) is 13.8 Å². The molecule has 6 heteroatoms. The van der Waals surface area contributed by atoms with Crippen molar-refractivity contribution in [2.45, 2.75) is 46.1 Å². The lowest BCUT2D eigenvalue weighted by Gasteiger charge is -2.26. The average molecular weight is 293 g/mol. The molecule has 0 bridgehead atoms. The second-order valence-electron chi connectivity index (χ2n) is 5.85. The van der Waals surface area contributed by atoms with Gasteiger partial charge in [-0.3, -0.25) is 9.48 Å². The number of hydrogen-bond acceptors (Lipinski definition) is 4. The third-order valence-electron chi connectivity index (χ3n) is 4.15. The maximum absolute atomic E-state index is 11.9. The van der Waals surface area contributed by atoms with Gasteiger partial charge in [-0.25, -0.2) is 0 Å². The molecule has 0 spiro atoms. The van der Waals surface area contributed by atoms with Crippen molar-refractivity contribution in [1.29, 1.82) is 0 Å². The number of nitrogen functional groups attached to an aromatic ring is 1. The fourth-order valence-corrected chi connectivity index (χ4v) is 2.77. The Labute approximate surface area is 126 Å². The number of likely N-dealkylation sites (tertiary alicyclic amines) is 1. The van der Waals surface area contributed by atoms with Crippen LogP contribution in [0.1, 0.15) is 37.1 Å². The van der Waals surface area contributed by atoms with Gasteiger partial charge in [0.05, 0.1) is 17.1 Å². The van der Waals surface area contributed by atoms with Gasteiger partial charge in [0.1, 0.15) is 6.54 Å². The molecule has 1 amide bonds. The molecule has 2 heterocycles. The van der Waals surface area contributed by atoms with Gasteiger partial charge in [0.25, 0.3) is 0 Å². The van der Waals surface area contributed by atoms with Crippen molar-refractivity contribution >= 4 is 11.6 Å². The quantitative estimate of drug-likeness (QED) is 0.769. The molecule has 1 saturated heterocycles. The van der Waals surface area contributed by atoms with Gasteiger partial charge in [0, 0.05) is 6.54 Å². The van der Waals surface area contributed by atoms with Crippen LogP contribution in [-0.2, 0) is 11.3 Å². The predicted octanol–water partition coefficient (Wildman–Crippen LogP) is 1.07. The molecule has 21 heavy (non-hydrogen) atoms. The third kappa shape index (κ3) is 4.46. The van der Waals surface area contributed by atoms with Crippen LogP contribution in [-0.4, -0.2) is 46.8 Å². The highest BCUT2D eigenvalue weighted by atomic mass is 16.2. The number of rotatable bonds is 6. The Hall–Kier alpha value is -1.56. The van der Waals surface area contributed by atoms with Gasteiger partial charge in [-0.1, -0.05) is 6.42 Å². The van der Waals surface area contributed by atoms with Crippen LogP contribution in [0.5, 0.6) is 0 Å². The zero-order valence-electron chi connectivity index (χ0n) is 13.2. The van der Waals surface area contributed by atoms with E-state index >= 15 is 0 Å². The van der Waals surface area contributed by atoms with E-state index in [1.807, 2.05) is 13.8 Å². The van der Waals surface area contributed by atoms with Gasteiger partial charge >= 0.3 is 0 Å². The van der Waals surface area contributed by atoms with Gasteiger partial charge in [0.15, 0.2) is 0 Å². The first kappa shape index (κ1) is 15.8. The van der Waals surface area contributed by atoms with Crippen molar-refractivity contribution in [3.05, 3.63) is 11.4 Å². The molecule has 0 saturated carbocycles. The monoisotopic (exact) mass is 293 g/mol. The minimum atomic E-state index is -0.000700. The van der Waals surface area contributed by atoms with Gasteiger partial charge in [-0.15, -0.1) is 0 Å². The molecule has 0 aliphatic carbocycles. The lowest BCUT2D eigenvalue weighted by atomic mass is 10.1. The molecule has 3 N–H and O–H groups in total. The Morgan fingerprint density at radius 1 is 1.29 bits per heavy atom. The van der Waals surface area contributed by atoms with E-state index in [1.54, 1.807) is 4.68 Å². The van der Waals surface area contributed by atoms with Crippen LogP contribution in [0.15, 0.2) is 0 Å². The predicted molar refractivity (Wildman–Crippen MR) is 84.0 cm³/mol. The second-order valence-corrected chi connectivity index (χ2v) is 5.85. The number of nitrogens with zero attached hydrogens (tertiary/aromatic N) is 3. The van der Waals surface area contributed by atoms with Crippen LogP contribution in [0.3, 0.4) is 0 Å². The number of nitrogens with one attached hydrogen (secondary N) is 1. The van der Waals surface area contributed by atoms with E-state index in [1.165, 1.54) is 32.4 Å². The molecule has 0 radical (unpaired) electrons. The van der Waals surface area contributed by atoms with E-state index < -0.39 is 0 Å². The molecular formula is C15H27N5O. The smallest absolute Gasteiger partial charge is 0.241 e. The Bertz CT molecular complexity index is 477. The first-order valence-electron chi connectivity index (χ1n) is 7.86. The maximum atomic E-state index is 11.9. The van der Waals surface area contributed by atoms with E-state index in [-0.39, 0.29) is 12.5 Å². The number of amides is 1. The number of aryl methyl sites for hydroxylation is 1. The Morgan fingerprint density at radius 3 is 2.62 bits per heavy atom. The number of hydrogen-bond donors (Lipinski definition) is 2. The normalized spacial score (nSPS) is 16.1. The lowest BCUT2D eigenvalue weighted by molar-refractivity contribution is -0.121. The maximum Gasteiger partial charge on any atom is 0.241 e. The highest BCUT2D eigenvalue weighted by Gasteiger charge is 2.12. The molecular weight excluding hydrogens is 266 g/mol. The van der Waals surface area contributed by atoms with Gasteiger partial charge < -0.3 is 16.0 Å². The van der Waals surface area contributed by atoms with Crippen LogP contribution in [0.2, 0.25) is 0 Å². The third-order valence-corrected chi connectivity index (χ3v) is 4.15. The fourth-order valence-electron chi connectivity index (χ4n) is 2.77. The van der Waals surface area contributed by atoms with Crippen molar-refractivity contribution in [2.24, 2.45) is 0 Å². The van der Waals surface area contributed by atoms with E-state index in [4.69, 9.17) is 5.73 Å². The Morgan fingerprint density at radius 2 is 2.00 bits per heavy atom. The summed E-state index contributed by atoms with van der Waals surface area (Å²) >= 11 is 0. The number of aromatic nitrogens is 2. The largest absolute Gasteiger partial charge is 0.396 e. The highest BCUT2D eigenvalue weighted by molar-refractivity contribution is 5.75. The van der Waals surface area contributed by atoms with Crippen LogP contribution in [0.25, 0.3) is 0 Å². The van der Waals surface area contributed by atoms with Crippen molar-refractivity contribution in [2.75, 3.05) is 31.9 Å². The summed E-state index contributed by atoms with van der Waals surface area (Å²) in [5, 5.41) is 7.23. The van der Waals surface area contributed by atoms with Gasteiger partial charge in [-0.2, -0.15) is 5.10 Å². The van der Waals surface area contributed by atoms with E-state index in [9.17, 15) is 4.79 Å². The van der Waals surface area contributed by atoms with Gasteiger partial charge in [0.2, 0.25) is 5.91 Å². The first-order chi connectivity index (χ1) is 10.1. The minimum Gasteiger partial charge on any atom is -0.396 e. The van der Waals surface area contributed by atoms with E-state index in [0.29, 0.717) is 5.69 Å². The lowest BCUT2D eigenvalue weighted by Crippen LogP contribution is -2.34. The van der Waals surface area contributed by atoms with Crippen molar-refractivity contribution < 1.29 is 4.79 Å². The highest BCUT2D eigenvalue weighted by Crippen LogP contribution is 2.14. The molecule has 1 aromatic rings. The molecule has 118 valence electrons. The number of nitrogens with two attached hydrogens (primary N) is 1. The summed E-state index contributed by atoms with van der Waals surface area (Å²) in [7, 11) is 0. The number of anilines is 1. The van der Waals surface area contributed by atoms with E-state index in [0.717, 1.165) is 30.9 Å². The number of carbonyl (C=O) groups excluding carboxylic acids is 1. The average Bonchev–Trinajstić information content (AvgIpc) is 2.72. The SMILES string of the molecule is Cc1nn(CC(=O)NCCCN2CCCCC2)c(C)c1N. The summed E-state index contributed by atoms with van der Waals surface area (Å²) < 4.78 is 1.67. The summed E-state index contributed by atoms with van der Waals surface area (Å²) in [5.41, 5.74) is 8.18. The van der Waals surface area contributed by atoms with Gasteiger partial charge in [-0.05, 0) is 52.7 Å². The summed E-state index contributed by atoms with van der Waals surface area (Å²) in [6.45, 7) is 8.21. The zero-order chi connectivity index (χ0) is 15.2. The fraction of sp³-hybridized carbons (Fsp3) is 0.733. The van der Waals surface area contributed by atoms with Crippen molar-refractivity contribution in [1.82, 2.24) is 20.0 Å². The molecule has 6 nitrogen and oxygen atoms in total. The zero-order valence-corrected chi connectivity index (χ0v) is 13.2. The van der Waals surface area contributed by atoms with Crippen LogP contribution in [0.4, 0.5) is 5.69 Å². The summed E-state index contributed by atoms with van der Waals surface area (Å²) in [5.74, 6) is -0.000700. The molecule has 0 unspecified atom stereocenters. The number of carbonyl (C=O) groups is 1. The minimum absolute atomic E-state index is 0.000700. The summed E-state index contributed by atoms with van der Waals surface area (Å²) in [6.07, 6.45) is 4.99. The Balaban J connectivity index is 1.66. The Kier molecular flexibility index (Phi) is 5.61. The molecule has 1 fully saturated rings. The van der Waals surface area contributed by atoms with E-state index in [2.05, 4.69) is 15.3 Å². The summed E-state index contributed by atoms with van der Waals surface area (Å²) in [4.78, 5) is 14.4.